The molecule has 2 aromatic rings. The zero-order chi connectivity index (χ0) is 13.9. The van der Waals surface area contributed by atoms with Crippen LogP contribution in [0.25, 0.3) is 0 Å². The van der Waals surface area contributed by atoms with E-state index < -0.39 is 0 Å². The topological polar surface area (TPSA) is 12.0 Å². The molecule has 0 aliphatic heterocycles. The molecule has 1 aliphatic rings. The molecule has 0 bridgehead atoms. The van der Waals surface area contributed by atoms with E-state index in [-0.39, 0.29) is 0 Å². The van der Waals surface area contributed by atoms with Crippen molar-refractivity contribution in [1.29, 1.82) is 0 Å². The molecule has 0 radical (unpaired) electrons. The van der Waals surface area contributed by atoms with Gasteiger partial charge in [-0.15, -0.1) is 0 Å². The fourth-order valence-corrected chi connectivity index (χ4v) is 3.61. The summed E-state index contributed by atoms with van der Waals surface area (Å²) in [5.41, 5.74) is 2.83. The SMILES string of the molecule is CC(NC1CC(c2ccccc2Br)C1)c1ccccc1. The molecule has 20 heavy (non-hydrogen) atoms. The molecule has 104 valence electrons. The van der Waals surface area contributed by atoms with Crippen molar-refractivity contribution < 1.29 is 0 Å². The van der Waals surface area contributed by atoms with Crippen molar-refractivity contribution in [3.63, 3.8) is 0 Å². The summed E-state index contributed by atoms with van der Waals surface area (Å²) in [5, 5.41) is 3.74. The molecule has 0 amide bonds. The predicted octanol–water partition coefficient (Wildman–Crippen LogP) is 5.05. The minimum atomic E-state index is 0.432. The molecule has 0 saturated heterocycles. The summed E-state index contributed by atoms with van der Waals surface area (Å²) in [6.07, 6.45) is 2.47. The average Bonchev–Trinajstić information content (AvgIpc) is 2.44. The van der Waals surface area contributed by atoms with Gasteiger partial charge in [0, 0.05) is 16.6 Å². The molecule has 2 heteroatoms. The molecule has 2 aromatic carbocycles. The third-order valence-electron chi connectivity index (χ3n) is 4.27. The lowest BCUT2D eigenvalue weighted by Crippen LogP contribution is -2.41. The molecule has 0 spiro atoms. The third-order valence-corrected chi connectivity index (χ3v) is 4.99. The van der Waals surface area contributed by atoms with Crippen LogP contribution in [0.4, 0.5) is 0 Å². The van der Waals surface area contributed by atoms with Gasteiger partial charge >= 0.3 is 0 Å². The van der Waals surface area contributed by atoms with Crippen LogP contribution < -0.4 is 5.32 Å². The van der Waals surface area contributed by atoms with E-state index >= 15 is 0 Å². The second-order valence-corrected chi connectivity index (χ2v) is 6.54. The van der Waals surface area contributed by atoms with Gasteiger partial charge in [0.1, 0.15) is 0 Å². The van der Waals surface area contributed by atoms with Gasteiger partial charge in [0.25, 0.3) is 0 Å². The Morgan fingerprint density at radius 3 is 2.35 bits per heavy atom. The Morgan fingerprint density at radius 1 is 1.00 bits per heavy atom. The summed E-state index contributed by atoms with van der Waals surface area (Å²) < 4.78 is 1.25. The molecular formula is C18H20BrN. The van der Waals surface area contributed by atoms with Crippen LogP contribution in [0.5, 0.6) is 0 Å². The van der Waals surface area contributed by atoms with Gasteiger partial charge in [-0.1, -0.05) is 64.5 Å². The molecule has 3 rings (SSSR count). The largest absolute Gasteiger partial charge is 0.307 e. The van der Waals surface area contributed by atoms with Crippen molar-refractivity contribution >= 4 is 15.9 Å². The van der Waals surface area contributed by atoms with Crippen molar-refractivity contribution in [2.45, 2.75) is 37.8 Å². The first-order chi connectivity index (χ1) is 9.74. The van der Waals surface area contributed by atoms with E-state index in [9.17, 15) is 0 Å². The van der Waals surface area contributed by atoms with Gasteiger partial charge in [-0.25, -0.2) is 0 Å². The first-order valence-electron chi connectivity index (χ1n) is 7.29. The smallest absolute Gasteiger partial charge is 0.0294 e. The van der Waals surface area contributed by atoms with E-state index in [0.717, 1.165) is 0 Å². The molecule has 0 aromatic heterocycles. The van der Waals surface area contributed by atoms with Gasteiger partial charge in [-0.2, -0.15) is 0 Å². The highest BCUT2D eigenvalue weighted by Gasteiger charge is 2.31. The monoisotopic (exact) mass is 329 g/mol. The minimum absolute atomic E-state index is 0.432. The first kappa shape index (κ1) is 13.8. The normalized spacial score (nSPS) is 23.1. The number of rotatable bonds is 4. The lowest BCUT2D eigenvalue weighted by molar-refractivity contribution is 0.270. The lowest BCUT2D eigenvalue weighted by Gasteiger charge is -2.38. The highest BCUT2D eigenvalue weighted by atomic mass is 79.9. The van der Waals surface area contributed by atoms with E-state index in [1.54, 1.807) is 0 Å². The number of halogens is 1. The summed E-state index contributed by atoms with van der Waals surface area (Å²) >= 11 is 3.66. The van der Waals surface area contributed by atoms with Crippen LogP contribution in [0.2, 0.25) is 0 Å². The van der Waals surface area contributed by atoms with Crippen LogP contribution in [0.15, 0.2) is 59.1 Å². The van der Waals surface area contributed by atoms with Gasteiger partial charge in [-0.3, -0.25) is 0 Å². The fraction of sp³-hybridized carbons (Fsp3) is 0.333. The van der Waals surface area contributed by atoms with Crippen LogP contribution in [-0.4, -0.2) is 6.04 Å². The zero-order valence-electron chi connectivity index (χ0n) is 11.7. The molecule has 0 heterocycles. The molecular weight excluding hydrogens is 310 g/mol. The number of hydrogen-bond acceptors (Lipinski definition) is 1. The molecule has 1 aliphatic carbocycles. The Bertz CT molecular complexity index is 561. The molecule has 1 N–H and O–H groups in total. The molecule has 1 fully saturated rings. The lowest BCUT2D eigenvalue weighted by atomic mass is 9.75. The van der Waals surface area contributed by atoms with Crippen molar-refractivity contribution in [3.05, 3.63) is 70.2 Å². The maximum Gasteiger partial charge on any atom is 0.0294 e. The Hall–Kier alpha value is -1.12. The maximum atomic E-state index is 3.74. The standard InChI is InChI=1S/C18H20BrN/c1-13(14-7-3-2-4-8-14)20-16-11-15(12-16)17-9-5-6-10-18(17)19/h2-10,13,15-16,20H,11-12H2,1H3. The predicted molar refractivity (Wildman–Crippen MR) is 87.9 cm³/mol. The number of hydrogen-bond donors (Lipinski definition) is 1. The Labute approximate surface area is 129 Å². The Morgan fingerprint density at radius 2 is 1.65 bits per heavy atom. The second kappa shape index (κ2) is 6.11. The maximum absolute atomic E-state index is 3.74. The van der Waals surface area contributed by atoms with Crippen LogP contribution in [-0.2, 0) is 0 Å². The van der Waals surface area contributed by atoms with E-state index in [1.165, 1.54) is 28.4 Å². The summed E-state index contributed by atoms with van der Waals surface area (Å²) in [4.78, 5) is 0. The molecule has 1 unspecified atom stereocenters. The first-order valence-corrected chi connectivity index (χ1v) is 8.09. The third kappa shape index (κ3) is 2.97. The van der Waals surface area contributed by atoms with E-state index in [1.807, 2.05) is 0 Å². The van der Waals surface area contributed by atoms with E-state index in [4.69, 9.17) is 0 Å². The minimum Gasteiger partial charge on any atom is -0.307 e. The van der Waals surface area contributed by atoms with Gasteiger partial charge in [0.15, 0.2) is 0 Å². The molecule has 1 nitrogen and oxygen atoms in total. The average molecular weight is 330 g/mol. The Kier molecular flexibility index (Phi) is 4.23. The van der Waals surface area contributed by atoms with Crippen molar-refractivity contribution in [1.82, 2.24) is 5.32 Å². The summed E-state index contributed by atoms with van der Waals surface area (Å²) in [6.45, 7) is 2.25. The quantitative estimate of drug-likeness (QED) is 0.827. The van der Waals surface area contributed by atoms with Gasteiger partial charge < -0.3 is 5.32 Å². The van der Waals surface area contributed by atoms with E-state index in [0.29, 0.717) is 18.0 Å². The van der Waals surface area contributed by atoms with Crippen molar-refractivity contribution in [2.75, 3.05) is 0 Å². The summed E-state index contributed by atoms with van der Waals surface area (Å²) in [5.74, 6) is 0.700. The Balaban J connectivity index is 1.55. The second-order valence-electron chi connectivity index (χ2n) is 5.69. The van der Waals surface area contributed by atoms with Gasteiger partial charge in [-0.05, 0) is 42.9 Å². The molecule has 1 saturated carbocycles. The van der Waals surface area contributed by atoms with Crippen LogP contribution >= 0.6 is 15.9 Å². The van der Waals surface area contributed by atoms with Crippen molar-refractivity contribution in [3.8, 4) is 0 Å². The summed E-state index contributed by atoms with van der Waals surface area (Å²) in [6, 6.07) is 20.4. The fourth-order valence-electron chi connectivity index (χ4n) is 3.01. The number of nitrogens with one attached hydrogen (secondary N) is 1. The summed E-state index contributed by atoms with van der Waals surface area (Å²) in [7, 11) is 0. The highest BCUT2D eigenvalue weighted by molar-refractivity contribution is 9.10. The van der Waals surface area contributed by atoms with Gasteiger partial charge in [0.2, 0.25) is 0 Å². The molecule has 1 atom stereocenters. The van der Waals surface area contributed by atoms with Gasteiger partial charge in [0.05, 0.1) is 0 Å². The zero-order valence-corrected chi connectivity index (χ0v) is 13.3. The van der Waals surface area contributed by atoms with Crippen LogP contribution in [0.1, 0.15) is 42.9 Å². The van der Waals surface area contributed by atoms with Crippen LogP contribution in [0.3, 0.4) is 0 Å². The van der Waals surface area contributed by atoms with Crippen LogP contribution in [0, 0.1) is 0 Å². The highest BCUT2D eigenvalue weighted by Crippen LogP contribution is 2.40. The number of benzene rings is 2. The van der Waals surface area contributed by atoms with Crippen molar-refractivity contribution in [2.24, 2.45) is 0 Å². The van der Waals surface area contributed by atoms with E-state index in [2.05, 4.69) is 82.8 Å².